The molecule has 1 atom stereocenters. The number of hydrogen-bond acceptors (Lipinski definition) is 6. The van der Waals surface area contributed by atoms with Gasteiger partial charge < -0.3 is 19.6 Å². The zero-order chi connectivity index (χ0) is 19.8. The van der Waals surface area contributed by atoms with E-state index in [0.29, 0.717) is 24.5 Å². The van der Waals surface area contributed by atoms with Crippen molar-refractivity contribution in [2.24, 2.45) is 0 Å². The average molecular weight is 398 g/mol. The van der Waals surface area contributed by atoms with Crippen molar-refractivity contribution in [3.05, 3.63) is 11.8 Å². The van der Waals surface area contributed by atoms with Gasteiger partial charge in [0.1, 0.15) is 11.8 Å². The minimum atomic E-state index is -3.06. The van der Waals surface area contributed by atoms with Gasteiger partial charge in [0.05, 0.1) is 11.5 Å². The molecule has 2 fully saturated rings. The summed E-state index contributed by atoms with van der Waals surface area (Å²) in [4.78, 5) is 28.5. The molecular weight excluding hydrogens is 372 g/mol. The molecule has 0 bridgehead atoms. The molecular formula is C17H26N4O5S. The summed E-state index contributed by atoms with van der Waals surface area (Å²) in [6.45, 7) is 6.76. The molecule has 3 rings (SSSR count). The van der Waals surface area contributed by atoms with Gasteiger partial charge in [-0.3, -0.25) is 4.79 Å². The van der Waals surface area contributed by atoms with E-state index in [0.717, 1.165) is 6.42 Å². The molecule has 10 heteroatoms. The molecule has 0 aromatic carbocycles. The van der Waals surface area contributed by atoms with Crippen LogP contribution in [0.15, 0.2) is 10.6 Å². The summed E-state index contributed by atoms with van der Waals surface area (Å²) in [5.41, 5.74) is -0.222. The Morgan fingerprint density at radius 3 is 2.48 bits per heavy atom. The van der Waals surface area contributed by atoms with Crippen molar-refractivity contribution in [1.82, 2.24) is 15.0 Å². The van der Waals surface area contributed by atoms with Crippen molar-refractivity contribution >= 4 is 27.6 Å². The van der Waals surface area contributed by atoms with E-state index in [1.165, 1.54) is 9.80 Å². The predicted molar refractivity (Wildman–Crippen MR) is 99.2 cm³/mol. The molecule has 1 aromatic heterocycles. The van der Waals surface area contributed by atoms with Crippen molar-refractivity contribution in [3.63, 3.8) is 0 Å². The maximum Gasteiger partial charge on any atom is 0.320 e. The van der Waals surface area contributed by atoms with Crippen LogP contribution in [0.3, 0.4) is 0 Å². The Hall–Kier alpha value is -2.10. The molecule has 0 radical (unpaired) electrons. The van der Waals surface area contributed by atoms with Gasteiger partial charge in [0.2, 0.25) is 5.91 Å². The van der Waals surface area contributed by atoms with E-state index in [-0.39, 0.29) is 41.9 Å². The van der Waals surface area contributed by atoms with E-state index in [2.05, 4.69) is 10.5 Å². The Morgan fingerprint density at radius 2 is 1.89 bits per heavy atom. The zero-order valence-corrected chi connectivity index (χ0v) is 16.7. The Morgan fingerprint density at radius 1 is 1.22 bits per heavy atom. The first kappa shape index (κ1) is 19.7. The number of nitrogens with zero attached hydrogens (tertiary/aromatic N) is 3. The number of likely N-dealkylation sites (tertiary alicyclic amines) is 1. The maximum absolute atomic E-state index is 12.8. The second kappa shape index (κ2) is 7.14. The maximum atomic E-state index is 12.8. The lowest BCUT2D eigenvalue weighted by Gasteiger charge is -2.33. The first-order valence-electron chi connectivity index (χ1n) is 9.11. The highest BCUT2D eigenvalue weighted by Gasteiger charge is 2.38. The number of carbonyl (C=O) groups excluding carboxylic acids is 2. The minimum absolute atomic E-state index is 0.0298. The van der Waals surface area contributed by atoms with Gasteiger partial charge in [0.25, 0.3) is 0 Å². The number of aromatic nitrogens is 1. The summed E-state index contributed by atoms with van der Waals surface area (Å²) >= 11 is 0. The van der Waals surface area contributed by atoms with Gasteiger partial charge in [0.15, 0.2) is 15.7 Å². The fourth-order valence-corrected chi connectivity index (χ4v) is 4.45. The zero-order valence-electron chi connectivity index (χ0n) is 15.9. The second-order valence-corrected chi connectivity index (χ2v) is 10.4. The third kappa shape index (κ3) is 4.42. The van der Waals surface area contributed by atoms with E-state index < -0.39 is 15.9 Å². The van der Waals surface area contributed by atoms with Crippen LogP contribution in [-0.2, 0) is 20.0 Å². The SMILES string of the molecule is CC(C)(C)c1cc(NC(=O)C2CCCN2C(=O)N2CCS(=O)(=O)CC2)no1. The highest BCUT2D eigenvalue weighted by molar-refractivity contribution is 7.91. The normalized spacial score (nSPS) is 22.7. The Kier molecular flexibility index (Phi) is 5.20. The Balaban J connectivity index is 1.64. The molecule has 0 saturated carbocycles. The number of hydrogen-bond donors (Lipinski definition) is 1. The van der Waals surface area contributed by atoms with Crippen molar-refractivity contribution in [2.45, 2.75) is 45.1 Å². The van der Waals surface area contributed by atoms with Gasteiger partial charge in [-0.15, -0.1) is 0 Å². The van der Waals surface area contributed by atoms with Crippen LogP contribution in [0.5, 0.6) is 0 Å². The van der Waals surface area contributed by atoms with Gasteiger partial charge in [-0.05, 0) is 12.8 Å². The predicted octanol–water partition coefficient (Wildman–Crippen LogP) is 1.23. The van der Waals surface area contributed by atoms with Crippen LogP contribution in [-0.4, -0.2) is 72.5 Å². The van der Waals surface area contributed by atoms with Crippen molar-refractivity contribution in [1.29, 1.82) is 0 Å². The molecule has 27 heavy (non-hydrogen) atoms. The summed E-state index contributed by atoms with van der Waals surface area (Å²) in [7, 11) is -3.06. The fourth-order valence-electron chi connectivity index (χ4n) is 3.25. The lowest BCUT2D eigenvalue weighted by molar-refractivity contribution is -0.119. The van der Waals surface area contributed by atoms with Crippen LogP contribution in [0.2, 0.25) is 0 Å². The molecule has 9 nitrogen and oxygen atoms in total. The number of carbonyl (C=O) groups is 2. The molecule has 2 aliphatic heterocycles. The number of rotatable bonds is 2. The van der Waals surface area contributed by atoms with Crippen LogP contribution in [0.25, 0.3) is 0 Å². The van der Waals surface area contributed by atoms with Crippen LogP contribution in [0.4, 0.5) is 10.6 Å². The van der Waals surface area contributed by atoms with E-state index in [1.54, 1.807) is 6.07 Å². The molecule has 1 N–H and O–H groups in total. The van der Waals surface area contributed by atoms with Crippen molar-refractivity contribution in [3.8, 4) is 0 Å². The monoisotopic (exact) mass is 398 g/mol. The molecule has 3 heterocycles. The van der Waals surface area contributed by atoms with E-state index >= 15 is 0 Å². The van der Waals surface area contributed by atoms with Crippen LogP contribution in [0.1, 0.15) is 39.4 Å². The molecule has 3 amide bonds. The highest BCUT2D eigenvalue weighted by atomic mass is 32.2. The lowest BCUT2D eigenvalue weighted by atomic mass is 9.93. The lowest BCUT2D eigenvalue weighted by Crippen LogP contribution is -2.53. The standard InChI is InChI=1S/C17H26N4O5S/c1-17(2,3)13-11-14(19-26-13)18-15(22)12-5-4-6-21(12)16(23)20-7-9-27(24,25)10-8-20/h11-12H,4-10H2,1-3H3,(H,18,19,22). The third-order valence-electron chi connectivity index (χ3n) is 4.92. The summed E-state index contributed by atoms with van der Waals surface area (Å²) in [5.74, 6) is 0.620. The quantitative estimate of drug-likeness (QED) is 0.802. The number of anilines is 1. The smallest absolute Gasteiger partial charge is 0.320 e. The summed E-state index contributed by atoms with van der Waals surface area (Å²) in [6, 6.07) is 0.818. The average Bonchev–Trinajstić information content (AvgIpc) is 3.22. The van der Waals surface area contributed by atoms with Gasteiger partial charge in [0, 0.05) is 31.1 Å². The number of sulfone groups is 1. The topological polar surface area (TPSA) is 113 Å². The summed E-state index contributed by atoms with van der Waals surface area (Å²) in [6.07, 6.45) is 1.29. The molecule has 1 aromatic rings. The second-order valence-electron chi connectivity index (χ2n) is 8.09. The summed E-state index contributed by atoms with van der Waals surface area (Å²) < 4.78 is 28.4. The molecule has 1 unspecified atom stereocenters. The Labute approximate surface area is 159 Å². The number of amides is 3. The van der Waals surface area contributed by atoms with Gasteiger partial charge >= 0.3 is 6.03 Å². The largest absolute Gasteiger partial charge is 0.359 e. The number of nitrogens with one attached hydrogen (secondary N) is 1. The van der Waals surface area contributed by atoms with Crippen molar-refractivity contribution in [2.75, 3.05) is 36.5 Å². The van der Waals surface area contributed by atoms with Gasteiger partial charge in [-0.1, -0.05) is 25.9 Å². The molecule has 2 saturated heterocycles. The molecule has 0 aliphatic carbocycles. The first-order chi connectivity index (χ1) is 12.6. The van der Waals surface area contributed by atoms with Crippen molar-refractivity contribution < 1.29 is 22.5 Å². The van der Waals surface area contributed by atoms with Gasteiger partial charge in [-0.2, -0.15) is 0 Å². The summed E-state index contributed by atoms with van der Waals surface area (Å²) in [5, 5.41) is 6.61. The Bertz CT molecular complexity index is 813. The van der Waals surface area contributed by atoms with Crippen LogP contribution in [0, 0.1) is 0 Å². The molecule has 0 spiro atoms. The van der Waals surface area contributed by atoms with Crippen LogP contribution >= 0.6 is 0 Å². The van der Waals surface area contributed by atoms with Crippen LogP contribution < -0.4 is 5.32 Å². The minimum Gasteiger partial charge on any atom is -0.359 e. The van der Waals surface area contributed by atoms with E-state index in [1.807, 2.05) is 20.8 Å². The molecule has 2 aliphatic rings. The first-order valence-corrected chi connectivity index (χ1v) is 10.9. The molecule has 150 valence electrons. The number of urea groups is 1. The highest BCUT2D eigenvalue weighted by Crippen LogP contribution is 2.26. The van der Waals surface area contributed by atoms with E-state index in [9.17, 15) is 18.0 Å². The third-order valence-corrected chi connectivity index (χ3v) is 6.53. The van der Waals surface area contributed by atoms with E-state index in [4.69, 9.17) is 4.52 Å². The fraction of sp³-hybridized carbons (Fsp3) is 0.706. The van der Waals surface area contributed by atoms with Gasteiger partial charge in [-0.25, -0.2) is 13.2 Å².